The topological polar surface area (TPSA) is 65.0 Å². The minimum atomic E-state index is -0.0215. The molecule has 1 aliphatic heterocycles. The molecule has 1 aliphatic rings. The molecule has 3 heterocycles. The molecule has 0 atom stereocenters. The molecule has 0 unspecified atom stereocenters. The highest BCUT2D eigenvalue weighted by molar-refractivity contribution is 5.07. The summed E-state index contributed by atoms with van der Waals surface area (Å²) in [7, 11) is 0. The molecular weight excluding hydrogens is 268 g/mol. The maximum absolute atomic E-state index is 12.2. The largest absolute Gasteiger partial charge is 0.463 e. The number of aromatic nitrogens is 3. The van der Waals surface area contributed by atoms with Crippen LogP contribution < -0.4 is 11.0 Å². The number of nitrogens with one attached hydrogen (secondary N) is 1. The second-order valence-electron chi connectivity index (χ2n) is 5.51. The fraction of sp³-hybridized carbons (Fsp3) is 0.600. The Kier molecular flexibility index (Phi) is 4.24. The molecule has 0 saturated heterocycles. The van der Waals surface area contributed by atoms with Crippen LogP contribution in [0.3, 0.4) is 0 Å². The van der Waals surface area contributed by atoms with E-state index in [9.17, 15) is 4.79 Å². The molecule has 0 aliphatic carbocycles. The summed E-state index contributed by atoms with van der Waals surface area (Å²) in [6.07, 6.45) is 4.17. The third-order valence-electron chi connectivity index (χ3n) is 3.78. The molecule has 0 saturated carbocycles. The Balaban J connectivity index is 1.69. The molecule has 0 fully saturated rings. The number of hydrogen-bond acceptors (Lipinski definition) is 4. The SMILES string of the molecule is CCCNCc1ccc(Cn2nc3n(c2=O)CCCC3)o1. The van der Waals surface area contributed by atoms with E-state index in [1.165, 1.54) is 4.68 Å². The molecule has 2 aromatic heterocycles. The third kappa shape index (κ3) is 3.10. The molecule has 114 valence electrons. The minimum Gasteiger partial charge on any atom is -0.463 e. The van der Waals surface area contributed by atoms with E-state index in [2.05, 4.69) is 17.3 Å². The van der Waals surface area contributed by atoms with Gasteiger partial charge < -0.3 is 9.73 Å². The van der Waals surface area contributed by atoms with Crippen LogP contribution in [-0.4, -0.2) is 20.9 Å². The molecule has 0 amide bonds. The van der Waals surface area contributed by atoms with Gasteiger partial charge in [0, 0.05) is 13.0 Å². The summed E-state index contributed by atoms with van der Waals surface area (Å²) in [4.78, 5) is 12.2. The fourth-order valence-corrected chi connectivity index (χ4v) is 2.69. The third-order valence-corrected chi connectivity index (χ3v) is 3.78. The maximum Gasteiger partial charge on any atom is 0.346 e. The smallest absolute Gasteiger partial charge is 0.346 e. The van der Waals surface area contributed by atoms with Crippen LogP contribution in [0.15, 0.2) is 21.3 Å². The first kappa shape index (κ1) is 14.1. The summed E-state index contributed by atoms with van der Waals surface area (Å²) in [6.45, 7) is 5.03. The van der Waals surface area contributed by atoms with Crippen LogP contribution in [0.2, 0.25) is 0 Å². The Morgan fingerprint density at radius 2 is 2.19 bits per heavy atom. The maximum atomic E-state index is 12.2. The van der Waals surface area contributed by atoms with Gasteiger partial charge in [-0.05, 0) is 37.9 Å². The molecule has 0 bridgehead atoms. The van der Waals surface area contributed by atoms with Crippen LogP contribution in [0, 0.1) is 0 Å². The van der Waals surface area contributed by atoms with Crippen LogP contribution in [0.1, 0.15) is 43.5 Å². The Labute approximate surface area is 123 Å². The first-order valence-corrected chi connectivity index (χ1v) is 7.72. The number of fused-ring (bicyclic) bond motifs is 1. The van der Waals surface area contributed by atoms with Gasteiger partial charge in [0.15, 0.2) is 0 Å². The zero-order chi connectivity index (χ0) is 14.7. The number of rotatable bonds is 6. The number of nitrogens with zero attached hydrogens (tertiary/aromatic N) is 3. The highest BCUT2D eigenvalue weighted by Crippen LogP contribution is 2.12. The monoisotopic (exact) mass is 290 g/mol. The number of aryl methyl sites for hydroxylation is 1. The van der Waals surface area contributed by atoms with Gasteiger partial charge in [0.1, 0.15) is 23.9 Å². The molecule has 3 rings (SSSR count). The lowest BCUT2D eigenvalue weighted by Crippen LogP contribution is -2.27. The van der Waals surface area contributed by atoms with E-state index in [1.807, 2.05) is 12.1 Å². The van der Waals surface area contributed by atoms with Crippen molar-refractivity contribution in [3.63, 3.8) is 0 Å². The lowest BCUT2D eigenvalue weighted by Gasteiger charge is -2.09. The number of furan rings is 1. The quantitative estimate of drug-likeness (QED) is 0.819. The van der Waals surface area contributed by atoms with Crippen molar-refractivity contribution >= 4 is 0 Å². The van der Waals surface area contributed by atoms with E-state index >= 15 is 0 Å². The molecule has 21 heavy (non-hydrogen) atoms. The second-order valence-corrected chi connectivity index (χ2v) is 5.51. The number of hydrogen-bond donors (Lipinski definition) is 1. The van der Waals surface area contributed by atoms with Crippen LogP contribution in [0.5, 0.6) is 0 Å². The molecule has 0 radical (unpaired) electrons. The summed E-state index contributed by atoms with van der Waals surface area (Å²) in [5.74, 6) is 2.58. The molecule has 0 spiro atoms. The highest BCUT2D eigenvalue weighted by Gasteiger charge is 2.17. The summed E-state index contributed by atoms with van der Waals surface area (Å²) in [5.41, 5.74) is -0.0215. The van der Waals surface area contributed by atoms with Gasteiger partial charge >= 0.3 is 5.69 Å². The van der Waals surface area contributed by atoms with Gasteiger partial charge in [-0.3, -0.25) is 4.57 Å². The van der Waals surface area contributed by atoms with Crippen molar-refractivity contribution in [2.24, 2.45) is 0 Å². The summed E-state index contributed by atoms with van der Waals surface area (Å²) in [5, 5.41) is 7.72. The van der Waals surface area contributed by atoms with Gasteiger partial charge in [-0.1, -0.05) is 6.92 Å². The first-order chi connectivity index (χ1) is 10.3. The van der Waals surface area contributed by atoms with Crippen molar-refractivity contribution in [2.75, 3.05) is 6.54 Å². The second kappa shape index (κ2) is 6.30. The van der Waals surface area contributed by atoms with E-state index in [-0.39, 0.29) is 5.69 Å². The lowest BCUT2D eigenvalue weighted by molar-refractivity contribution is 0.426. The molecule has 1 N–H and O–H groups in total. The van der Waals surface area contributed by atoms with Gasteiger partial charge in [0.2, 0.25) is 0 Å². The van der Waals surface area contributed by atoms with E-state index in [1.54, 1.807) is 4.57 Å². The Hall–Kier alpha value is -1.82. The van der Waals surface area contributed by atoms with Gasteiger partial charge in [-0.15, -0.1) is 0 Å². The lowest BCUT2D eigenvalue weighted by atomic mass is 10.2. The molecule has 2 aromatic rings. The Morgan fingerprint density at radius 1 is 1.33 bits per heavy atom. The Bertz CT molecular complexity index is 653. The zero-order valence-electron chi connectivity index (χ0n) is 12.5. The summed E-state index contributed by atoms with van der Waals surface area (Å²) in [6, 6.07) is 3.88. The van der Waals surface area contributed by atoms with Crippen molar-refractivity contribution in [3.05, 3.63) is 40.0 Å². The zero-order valence-corrected chi connectivity index (χ0v) is 12.5. The van der Waals surface area contributed by atoms with Crippen LogP contribution in [0.25, 0.3) is 0 Å². The highest BCUT2D eigenvalue weighted by atomic mass is 16.3. The summed E-state index contributed by atoms with van der Waals surface area (Å²) >= 11 is 0. The average molecular weight is 290 g/mol. The Morgan fingerprint density at radius 3 is 3.00 bits per heavy atom. The van der Waals surface area contributed by atoms with Gasteiger partial charge in [-0.2, -0.15) is 5.10 Å². The van der Waals surface area contributed by atoms with E-state index in [0.717, 1.165) is 62.7 Å². The van der Waals surface area contributed by atoms with Crippen LogP contribution in [-0.2, 0) is 26.1 Å². The van der Waals surface area contributed by atoms with E-state index < -0.39 is 0 Å². The van der Waals surface area contributed by atoms with Crippen molar-refractivity contribution in [2.45, 2.75) is 52.2 Å². The fourth-order valence-electron chi connectivity index (χ4n) is 2.69. The molecular formula is C15H22N4O2. The molecule has 0 aromatic carbocycles. The van der Waals surface area contributed by atoms with Crippen molar-refractivity contribution in [1.29, 1.82) is 0 Å². The normalized spacial score (nSPS) is 14.3. The average Bonchev–Trinajstić information content (AvgIpc) is 3.06. The van der Waals surface area contributed by atoms with Gasteiger partial charge in [0.05, 0.1) is 6.54 Å². The van der Waals surface area contributed by atoms with E-state index in [4.69, 9.17) is 4.42 Å². The minimum absolute atomic E-state index is 0.0215. The van der Waals surface area contributed by atoms with Gasteiger partial charge in [0.25, 0.3) is 0 Å². The van der Waals surface area contributed by atoms with Crippen LogP contribution in [0.4, 0.5) is 0 Å². The standard InChI is InChI=1S/C15H22N4O2/c1-2-8-16-10-12-6-7-13(21-12)11-19-15(20)18-9-4-3-5-14(18)17-19/h6-7,16H,2-5,8-11H2,1H3. The van der Waals surface area contributed by atoms with Crippen molar-refractivity contribution < 1.29 is 4.42 Å². The van der Waals surface area contributed by atoms with Crippen molar-refractivity contribution in [3.8, 4) is 0 Å². The molecule has 6 nitrogen and oxygen atoms in total. The predicted octanol–water partition coefficient (Wildman–Crippen LogP) is 1.52. The van der Waals surface area contributed by atoms with Crippen molar-refractivity contribution in [1.82, 2.24) is 19.7 Å². The van der Waals surface area contributed by atoms with Gasteiger partial charge in [-0.25, -0.2) is 9.48 Å². The predicted molar refractivity (Wildman–Crippen MR) is 79.2 cm³/mol. The summed E-state index contributed by atoms with van der Waals surface area (Å²) < 4.78 is 9.05. The van der Waals surface area contributed by atoms with E-state index in [0.29, 0.717) is 6.54 Å². The van der Waals surface area contributed by atoms with Crippen LogP contribution >= 0.6 is 0 Å². The molecule has 6 heteroatoms. The first-order valence-electron chi connectivity index (χ1n) is 7.72.